The Hall–Kier alpha value is -4.25. The Bertz CT molecular complexity index is 1380. The molecule has 0 spiro atoms. The number of ether oxygens (including phenoxy) is 3. The molecule has 2 saturated heterocycles. The van der Waals surface area contributed by atoms with Crippen LogP contribution in [0.15, 0.2) is 30.6 Å². The van der Waals surface area contributed by atoms with E-state index in [1.165, 1.54) is 0 Å². The summed E-state index contributed by atoms with van der Waals surface area (Å²) in [6.45, 7) is 1.58. The average Bonchev–Trinajstić information content (AvgIpc) is 3.16. The number of halogens is 6. The van der Waals surface area contributed by atoms with E-state index in [-0.39, 0.29) is 28.0 Å². The van der Waals surface area contributed by atoms with E-state index in [0.29, 0.717) is 31.8 Å². The van der Waals surface area contributed by atoms with Gasteiger partial charge in [0.25, 0.3) is 11.8 Å². The van der Waals surface area contributed by atoms with Gasteiger partial charge in [-0.3, -0.25) is 14.6 Å². The van der Waals surface area contributed by atoms with Crippen molar-refractivity contribution in [3.8, 4) is 11.5 Å². The fourth-order valence-corrected chi connectivity index (χ4v) is 4.39. The van der Waals surface area contributed by atoms with Gasteiger partial charge in [-0.1, -0.05) is 0 Å². The number of methoxy groups -OCH3 is 2. The molecule has 0 saturated carbocycles. The molecule has 4 rings (SSSR count). The number of rotatable bonds is 6. The number of carbonyl (C=O) groups is 3. The predicted octanol–water partition coefficient (Wildman–Crippen LogP) is 3.50. The van der Waals surface area contributed by atoms with E-state index in [4.69, 9.17) is 14.2 Å². The van der Waals surface area contributed by atoms with E-state index in [2.05, 4.69) is 15.3 Å². The molecule has 4 amide bonds. The number of imide groups is 2. The normalized spacial score (nSPS) is 21.8. The molecule has 2 aliphatic heterocycles. The van der Waals surface area contributed by atoms with Gasteiger partial charge in [-0.25, -0.2) is 19.6 Å². The van der Waals surface area contributed by atoms with Gasteiger partial charge in [0.15, 0.2) is 5.82 Å². The van der Waals surface area contributed by atoms with E-state index < -0.39 is 58.6 Å². The molecule has 2 aromatic rings. The second-order valence-electron chi connectivity index (χ2n) is 9.18. The molecule has 2 fully saturated rings. The number of anilines is 1. The summed E-state index contributed by atoms with van der Waals surface area (Å²) < 4.78 is 98.1. The maximum absolute atomic E-state index is 14.3. The SMILES string of the molecule is COc1cc(/C=C/C(=O)N2C(=O)N(c3cnc(C4COCCN4)cn3)C(=O)C2(C)C(F)(F)F)cc(OC)c1C(F)(F)F. The van der Waals surface area contributed by atoms with E-state index in [1.54, 1.807) is 0 Å². The van der Waals surface area contributed by atoms with Crippen LogP contribution in [-0.2, 0) is 20.5 Å². The summed E-state index contributed by atoms with van der Waals surface area (Å²) in [4.78, 5) is 47.1. The standard InChI is InChI=1S/C25H23F6N5O6/c1-23(25(29,30)31)21(38)35(18-11-33-14(10-34-18)15-12-42-7-6-32-15)22(39)36(23)19(37)5-4-13-8-16(40-2)20(24(26,27)28)17(9-13)41-3/h4-5,8-11,15,32H,6-7,12H2,1-3H3/b5-4+. The van der Waals surface area contributed by atoms with Crippen molar-refractivity contribution in [3.05, 3.63) is 47.4 Å². The van der Waals surface area contributed by atoms with Crippen LogP contribution in [-0.4, -0.2) is 78.4 Å². The number of hydrogen-bond acceptors (Lipinski definition) is 9. The summed E-state index contributed by atoms with van der Waals surface area (Å²) >= 11 is 0. The first kappa shape index (κ1) is 30.7. The summed E-state index contributed by atoms with van der Waals surface area (Å²) in [7, 11) is 1.91. The Morgan fingerprint density at radius 2 is 1.74 bits per heavy atom. The van der Waals surface area contributed by atoms with E-state index in [1.807, 2.05) is 0 Å². The van der Waals surface area contributed by atoms with Crippen LogP contribution in [0.5, 0.6) is 11.5 Å². The number of aromatic nitrogens is 2. The molecule has 0 bridgehead atoms. The number of nitrogens with zero attached hydrogens (tertiary/aromatic N) is 4. The Morgan fingerprint density at radius 3 is 2.21 bits per heavy atom. The molecule has 42 heavy (non-hydrogen) atoms. The third-order valence-electron chi connectivity index (χ3n) is 6.62. The van der Waals surface area contributed by atoms with Gasteiger partial charge in [0.1, 0.15) is 17.1 Å². The van der Waals surface area contributed by atoms with Gasteiger partial charge < -0.3 is 19.5 Å². The highest BCUT2D eigenvalue weighted by Gasteiger charge is 2.71. The zero-order valence-electron chi connectivity index (χ0n) is 22.2. The molecule has 2 aliphatic rings. The molecule has 1 N–H and O–H groups in total. The van der Waals surface area contributed by atoms with E-state index in [0.717, 1.165) is 44.8 Å². The summed E-state index contributed by atoms with van der Waals surface area (Å²) in [5.74, 6) is -5.32. The van der Waals surface area contributed by atoms with Crippen LogP contribution in [0.1, 0.15) is 29.8 Å². The van der Waals surface area contributed by atoms with E-state index >= 15 is 0 Å². The topological polar surface area (TPSA) is 123 Å². The minimum Gasteiger partial charge on any atom is -0.496 e. The second kappa shape index (κ2) is 11.2. The fourth-order valence-electron chi connectivity index (χ4n) is 4.39. The molecule has 1 aromatic heterocycles. The van der Waals surface area contributed by atoms with Gasteiger partial charge in [0.05, 0.1) is 51.6 Å². The average molecular weight is 603 g/mol. The molecule has 11 nitrogen and oxygen atoms in total. The number of benzene rings is 1. The lowest BCUT2D eigenvalue weighted by atomic mass is 9.99. The molecular weight excluding hydrogens is 580 g/mol. The van der Waals surface area contributed by atoms with Crippen molar-refractivity contribution in [2.75, 3.05) is 38.9 Å². The van der Waals surface area contributed by atoms with Crippen molar-refractivity contribution in [3.63, 3.8) is 0 Å². The number of nitrogens with one attached hydrogen (secondary N) is 1. The minimum absolute atomic E-state index is 0.0883. The molecular formula is C25H23F6N5O6. The van der Waals surface area contributed by atoms with E-state index in [9.17, 15) is 40.7 Å². The molecule has 226 valence electrons. The molecule has 2 unspecified atom stereocenters. The predicted molar refractivity (Wildman–Crippen MR) is 131 cm³/mol. The number of amides is 4. The maximum Gasteiger partial charge on any atom is 0.423 e. The van der Waals surface area contributed by atoms with Gasteiger partial charge >= 0.3 is 18.4 Å². The number of morpholine rings is 1. The lowest BCUT2D eigenvalue weighted by molar-refractivity contribution is -0.209. The Labute approximate surface area is 234 Å². The zero-order valence-corrected chi connectivity index (χ0v) is 22.2. The van der Waals surface area contributed by atoms with Gasteiger partial charge in [-0.15, -0.1) is 0 Å². The van der Waals surface area contributed by atoms with Crippen molar-refractivity contribution in [1.29, 1.82) is 0 Å². The molecule has 2 atom stereocenters. The maximum atomic E-state index is 14.3. The summed E-state index contributed by atoms with van der Waals surface area (Å²) in [5.41, 5.74) is -4.69. The van der Waals surface area contributed by atoms with Crippen LogP contribution in [0, 0.1) is 0 Å². The summed E-state index contributed by atoms with van der Waals surface area (Å²) in [5, 5.41) is 3.09. The smallest absolute Gasteiger partial charge is 0.423 e. The highest BCUT2D eigenvalue weighted by molar-refractivity contribution is 6.28. The monoisotopic (exact) mass is 603 g/mol. The number of alkyl halides is 6. The van der Waals surface area contributed by atoms with Crippen molar-refractivity contribution >= 4 is 29.7 Å². The number of urea groups is 1. The Kier molecular flexibility index (Phi) is 8.19. The summed E-state index contributed by atoms with van der Waals surface area (Å²) in [6, 6.07) is -0.301. The quantitative estimate of drug-likeness (QED) is 0.300. The molecule has 1 aromatic carbocycles. The zero-order chi connectivity index (χ0) is 31.0. The van der Waals surface area contributed by atoms with Crippen LogP contribution < -0.4 is 19.7 Å². The van der Waals surface area contributed by atoms with Crippen LogP contribution in [0.2, 0.25) is 0 Å². The lowest BCUT2D eigenvalue weighted by Crippen LogP contribution is -2.59. The molecule has 0 aliphatic carbocycles. The Balaban J connectivity index is 1.68. The largest absolute Gasteiger partial charge is 0.496 e. The van der Waals surface area contributed by atoms with Crippen LogP contribution in [0.25, 0.3) is 6.08 Å². The second-order valence-corrected chi connectivity index (χ2v) is 9.18. The van der Waals surface area contributed by atoms with Crippen molar-refractivity contribution < 1.29 is 54.9 Å². The van der Waals surface area contributed by atoms with Gasteiger partial charge in [0, 0.05) is 12.6 Å². The van der Waals surface area contributed by atoms with Crippen LogP contribution in [0.4, 0.5) is 37.0 Å². The first-order valence-electron chi connectivity index (χ1n) is 12.1. The van der Waals surface area contributed by atoms with Gasteiger partial charge in [0.2, 0.25) is 5.54 Å². The third-order valence-corrected chi connectivity index (χ3v) is 6.62. The van der Waals surface area contributed by atoms with Crippen LogP contribution >= 0.6 is 0 Å². The third kappa shape index (κ3) is 5.36. The fraction of sp³-hybridized carbons (Fsp3) is 0.400. The first-order valence-corrected chi connectivity index (χ1v) is 12.1. The number of carbonyl (C=O) groups excluding carboxylic acids is 3. The summed E-state index contributed by atoms with van der Waals surface area (Å²) in [6.07, 6.45) is -6.87. The first-order chi connectivity index (χ1) is 19.6. The number of hydrogen-bond donors (Lipinski definition) is 1. The molecule has 17 heteroatoms. The van der Waals surface area contributed by atoms with Crippen LogP contribution in [0.3, 0.4) is 0 Å². The van der Waals surface area contributed by atoms with Crippen molar-refractivity contribution in [2.24, 2.45) is 0 Å². The highest BCUT2D eigenvalue weighted by Crippen LogP contribution is 2.45. The lowest BCUT2D eigenvalue weighted by Gasteiger charge is -2.31. The molecule has 3 heterocycles. The minimum atomic E-state index is -5.42. The van der Waals surface area contributed by atoms with Crippen molar-refractivity contribution in [2.45, 2.75) is 30.9 Å². The van der Waals surface area contributed by atoms with Crippen molar-refractivity contribution in [1.82, 2.24) is 20.2 Å². The molecule has 0 radical (unpaired) electrons. The highest BCUT2D eigenvalue weighted by atomic mass is 19.4. The van der Waals surface area contributed by atoms with Gasteiger partial charge in [-0.05, 0) is 30.7 Å². The Morgan fingerprint density at radius 1 is 1.10 bits per heavy atom. The van der Waals surface area contributed by atoms with Gasteiger partial charge in [-0.2, -0.15) is 26.3 Å².